The SMILES string of the molecule is CC(O)Cc1ccc(F)c2ccccc12. The van der Waals surface area contributed by atoms with Gasteiger partial charge in [-0.1, -0.05) is 30.3 Å². The Bertz CT molecular complexity index is 477. The molecule has 0 radical (unpaired) electrons. The standard InChI is InChI=1S/C13H13FO/c1-9(15)8-10-6-7-13(14)12-5-3-2-4-11(10)12/h2-7,9,15H,8H2,1H3. The molecule has 2 aromatic rings. The van der Waals surface area contributed by atoms with E-state index in [2.05, 4.69) is 0 Å². The Morgan fingerprint density at radius 2 is 1.80 bits per heavy atom. The maximum absolute atomic E-state index is 13.4. The monoisotopic (exact) mass is 204 g/mol. The number of aliphatic hydroxyl groups is 1. The molecule has 0 fully saturated rings. The molecule has 2 rings (SSSR count). The molecule has 1 unspecified atom stereocenters. The number of benzene rings is 2. The third-order valence-corrected chi connectivity index (χ3v) is 2.48. The van der Waals surface area contributed by atoms with Crippen molar-refractivity contribution < 1.29 is 9.50 Å². The summed E-state index contributed by atoms with van der Waals surface area (Å²) in [7, 11) is 0. The summed E-state index contributed by atoms with van der Waals surface area (Å²) in [6.07, 6.45) is 0.153. The lowest BCUT2D eigenvalue weighted by molar-refractivity contribution is 0.196. The summed E-state index contributed by atoms with van der Waals surface area (Å²) in [5.74, 6) is -0.208. The molecular formula is C13H13FO. The van der Waals surface area contributed by atoms with Gasteiger partial charge in [0, 0.05) is 5.39 Å². The van der Waals surface area contributed by atoms with Gasteiger partial charge in [0.15, 0.2) is 0 Å². The molecule has 0 heterocycles. The van der Waals surface area contributed by atoms with Gasteiger partial charge in [-0.3, -0.25) is 0 Å². The van der Waals surface area contributed by atoms with Gasteiger partial charge in [0.2, 0.25) is 0 Å². The van der Waals surface area contributed by atoms with E-state index in [0.29, 0.717) is 11.8 Å². The Hall–Kier alpha value is -1.41. The molecule has 1 N–H and O–H groups in total. The Kier molecular flexibility index (Phi) is 2.69. The molecule has 2 aromatic carbocycles. The summed E-state index contributed by atoms with van der Waals surface area (Å²) in [6.45, 7) is 1.73. The highest BCUT2D eigenvalue weighted by Crippen LogP contribution is 2.22. The Labute approximate surface area is 88.2 Å². The average molecular weight is 204 g/mol. The first-order chi connectivity index (χ1) is 7.18. The van der Waals surface area contributed by atoms with E-state index >= 15 is 0 Å². The molecule has 2 heteroatoms. The zero-order valence-electron chi connectivity index (χ0n) is 8.57. The molecule has 0 saturated carbocycles. The first kappa shape index (κ1) is 10.1. The van der Waals surface area contributed by atoms with E-state index in [9.17, 15) is 9.50 Å². The molecule has 0 spiro atoms. The molecule has 0 aliphatic heterocycles. The van der Waals surface area contributed by atoms with Gasteiger partial charge in [0.05, 0.1) is 6.10 Å². The highest BCUT2D eigenvalue weighted by atomic mass is 19.1. The molecule has 0 saturated heterocycles. The van der Waals surface area contributed by atoms with Crippen LogP contribution in [0.25, 0.3) is 10.8 Å². The van der Waals surface area contributed by atoms with E-state index in [1.165, 1.54) is 6.07 Å². The van der Waals surface area contributed by atoms with Gasteiger partial charge in [-0.25, -0.2) is 4.39 Å². The summed E-state index contributed by atoms with van der Waals surface area (Å²) in [5, 5.41) is 10.8. The van der Waals surface area contributed by atoms with Crippen molar-refractivity contribution in [2.75, 3.05) is 0 Å². The number of hydrogen-bond acceptors (Lipinski definition) is 1. The quantitative estimate of drug-likeness (QED) is 0.797. The lowest BCUT2D eigenvalue weighted by Crippen LogP contribution is -2.04. The predicted octanol–water partition coefficient (Wildman–Crippen LogP) is 2.90. The second-order valence-electron chi connectivity index (χ2n) is 3.81. The van der Waals surface area contributed by atoms with Crippen LogP contribution >= 0.6 is 0 Å². The predicted molar refractivity (Wildman–Crippen MR) is 59.3 cm³/mol. The third-order valence-electron chi connectivity index (χ3n) is 2.48. The van der Waals surface area contributed by atoms with Crippen molar-refractivity contribution in [2.45, 2.75) is 19.4 Å². The minimum Gasteiger partial charge on any atom is -0.393 e. The molecule has 0 aliphatic carbocycles. The van der Waals surface area contributed by atoms with Gasteiger partial charge in [-0.15, -0.1) is 0 Å². The van der Waals surface area contributed by atoms with Crippen LogP contribution in [0.4, 0.5) is 4.39 Å². The fourth-order valence-corrected chi connectivity index (χ4v) is 1.82. The highest BCUT2D eigenvalue weighted by molar-refractivity contribution is 5.86. The van der Waals surface area contributed by atoms with Crippen LogP contribution in [0.15, 0.2) is 36.4 Å². The zero-order chi connectivity index (χ0) is 10.8. The number of rotatable bonds is 2. The van der Waals surface area contributed by atoms with Crippen LogP contribution in [-0.2, 0) is 6.42 Å². The fourth-order valence-electron chi connectivity index (χ4n) is 1.82. The van der Waals surface area contributed by atoms with Crippen molar-refractivity contribution in [1.82, 2.24) is 0 Å². The molecule has 1 nitrogen and oxygen atoms in total. The largest absolute Gasteiger partial charge is 0.393 e. The number of fused-ring (bicyclic) bond motifs is 1. The fraction of sp³-hybridized carbons (Fsp3) is 0.231. The van der Waals surface area contributed by atoms with Crippen molar-refractivity contribution in [1.29, 1.82) is 0 Å². The average Bonchev–Trinajstić information content (AvgIpc) is 2.22. The second-order valence-corrected chi connectivity index (χ2v) is 3.81. The third kappa shape index (κ3) is 2.00. The molecule has 0 aliphatic rings. The van der Waals surface area contributed by atoms with E-state index in [4.69, 9.17) is 0 Å². The van der Waals surface area contributed by atoms with Crippen molar-refractivity contribution in [2.24, 2.45) is 0 Å². The second kappa shape index (κ2) is 3.99. The van der Waals surface area contributed by atoms with Gasteiger partial charge >= 0.3 is 0 Å². The van der Waals surface area contributed by atoms with E-state index in [1.54, 1.807) is 19.1 Å². The topological polar surface area (TPSA) is 20.2 Å². The van der Waals surface area contributed by atoms with E-state index < -0.39 is 6.10 Å². The van der Waals surface area contributed by atoms with Crippen LogP contribution in [0.5, 0.6) is 0 Å². The summed E-state index contributed by atoms with van der Waals surface area (Å²) >= 11 is 0. The van der Waals surface area contributed by atoms with E-state index in [-0.39, 0.29) is 5.82 Å². The molecular weight excluding hydrogens is 191 g/mol. The number of aliphatic hydroxyl groups excluding tert-OH is 1. The maximum Gasteiger partial charge on any atom is 0.131 e. The van der Waals surface area contributed by atoms with Crippen LogP contribution in [0.3, 0.4) is 0 Å². The molecule has 0 bridgehead atoms. The lowest BCUT2D eigenvalue weighted by Gasteiger charge is -2.08. The van der Waals surface area contributed by atoms with Gasteiger partial charge in [0.25, 0.3) is 0 Å². The molecule has 1 atom stereocenters. The van der Waals surface area contributed by atoms with Crippen molar-refractivity contribution >= 4 is 10.8 Å². The molecule has 0 aromatic heterocycles. The summed E-state index contributed by atoms with van der Waals surface area (Å²) in [6, 6.07) is 10.5. The van der Waals surface area contributed by atoms with Crippen LogP contribution in [-0.4, -0.2) is 11.2 Å². The van der Waals surface area contributed by atoms with Crippen molar-refractivity contribution in [3.63, 3.8) is 0 Å². The van der Waals surface area contributed by atoms with Crippen LogP contribution in [0.1, 0.15) is 12.5 Å². The lowest BCUT2D eigenvalue weighted by atomic mass is 10.00. The van der Waals surface area contributed by atoms with Crippen molar-refractivity contribution in [3.8, 4) is 0 Å². The van der Waals surface area contributed by atoms with Crippen molar-refractivity contribution in [3.05, 3.63) is 47.8 Å². The molecule has 78 valence electrons. The van der Waals surface area contributed by atoms with Gasteiger partial charge in [-0.2, -0.15) is 0 Å². The van der Waals surface area contributed by atoms with Crippen LogP contribution in [0, 0.1) is 5.82 Å². The van der Waals surface area contributed by atoms with Gasteiger partial charge < -0.3 is 5.11 Å². The maximum atomic E-state index is 13.4. The summed E-state index contributed by atoms with van der Waals surface area (Å²) in [5.41, 5.74) is 0.988. The van der Waals surface area contributed by atoms with Gasteiger partial charge in [0.1, 0.15) is 5.82 Å². The zero-order valence-corrected chi connectivity index (χ0v) is 8.57. The van der Waals surface area contributed by atoms with Gasteiger partial charge in [-0.05, 0) is 30.4 Å². The van der Waals surface area contributed by atoms with Crippen LogP contribution in [0.2, 0.25) is 0 Å². The Balaban J connectivity index is 2.61. The molecule has 0 amide bonds. The minimum atomic E-state index is -0.404. The Morgan fingerprint density at radius 1 is 1.13 bits per heavy atom. The summed E-state index contributed by atoms with van der Waals surface area (Å²) < 4.78 is 13.4. The molecule has 15 heavy (non-hydrogen) atoms. The van der Waals surface area contributed by atoms with E-state index in [1.807, 2.05) is 18.2 Å². The van der Waals surface area contributed by atoms with Crippen LogP contribution < -0.4 is 0 Å². The Morgan fingerprint density at radius 3 is 2.47 bits per heavy atom. The number of hydrogen-bond donors (Lipinski definition) is 1. The highest BCUT2D eigenvalue weighted by Gasteiger charge is 2.06. The first-order valence-corrected chi connectivity index (χ1v) is 5.02. The van der Waals surface area contributed by atoms with E-state index in [0.717, 1.165) is 10.9 Å². The number of halogens is 1. The minimum absolute atomic E-state index is 0.208. The normalized spacial score (nSPS) is 13.0. The summed E-state index contributed by atoms with van der Waals surface area (Å²) in [4.78, 5) is 0. The smallest absolute Gasteiger partial charge is 0.131 e. The first-order valence-electron chi connectivity index (χ1n) is 5.02.